The van der Waals surface area contributed by atoms with E-state index in [4.69, 9.17) is 0 Å². The molecule has 4 N–H and O–H groups in total. The van der Waals surface area contributed by atoms with Crippen LogP contribution in [-0.4, -0.2) is 38.6 Å². The SMILES string of the molecule is Cc1cnc(Nc2ccc(CNC(=O)C(F)(F)F)cc2)nc1NCCc1cnc[nH]1. The van der Waals surface area contributed by atoms with Crippen molar-refractivity contribution in [2.75, 3.05) is 17.2 Å². The smallest absolute Gasteiger partial charge is 0.369 e. The van der Waals surface area contributed by atoms with E-state index in [1.807, 2.05) is 12.2 Å². The number of aryl methyl sites for hydroxylation is 1. The van der Waals surface area contributed by atoms with Crippen molar-refractivity contribution in [2.24, 2.45) is 0 Å². The summed E-state index contributed by atoms with van der Waals surface area (Å²) >= 11 is 0. The summed E-state index contributed by atoms with van der Waals surface area (Å²) in [5.41, 5.74) is 3.09. The van der Waals surface area contributed by atoms with E-state index in [1.54, 1.807) is 43.0 Å². The number of aromatic nitrogens is 4. The van der Waals surface area contributed by atoms with Crippen LogP contribution in [0.2, 0.25) is 0 Å². The number of anilines is 3. The summed E-state index contributed by atoms with van der Waals surface area (Å²) in [7, 11) is 0. The van der Waals surface area contributed by atoms with Gasteiger partial charge in [-0.1, -0.05) is 12.1 Å². The molecule has 2 aromatic heterocycles. The number of nitrogens with zero attached hydrogens (tertiary/aromatic N) is 3. The Hall–Kier alpha value is -3.63. The average molecular weight is 419 g/mol. The van der Waals surface area contributed by atoms with Gasteiger partial charge in [0.15, 0.2) is 0 Å². The van der Waals surface area contributed by atoms with Crippen molar-refractivity contribution >= 4 is 23.4 Å². The van der Waals surface area contributed by atoms with Crippen molar-refractivity contribution in [3.05, 3.63) is 59.8 Å². The predicted octanol–water partition coefficient (Wildman–Crippen LogP) is 3.08. The van der Waals surface area contributed by atoms with Crippen LogP contribution in [0.4, 0.5) is 30.6 Å². The zero-order chi connectivity index (χ0) is 21.6. The number of hydrogen-bond donors (Lipinski definition) is 4. The van der Waals surface area contributed by atoms with Gasteiger partial charge in [0.2, 0.25) is 5.95 Å². The van der Waals surface area contributed by atoms with Gasteiger partial charge in [-0.2, -0.15) is 18.2 Å². The summed E-state index contributed by atoms with van der Waals surface area (Å²) < 4.78 is 36.7. The number of imidazole rings is 1. The number of H-pyrrole nitrogens is 1. The van der Waals surface area contributed by atoms with Crippen LogP contribution in [0, 0.1) is 6.92 Å². The molecule has 8 nitrogen and oxygen atoms in total. The number of alkyl halides is 3. The number of rotatable bonds is 8. The van der Waals surface area contributed by atoms with E-state index >= 15 is 0 Å². The molecule has 30 heavy (non-hydrogen) atoms. The number of aromatic amines is 1. The summed E-state index contributed by atoms with van der Waals surface area (Å²) in [6, 6.07) is 6.56. The van der Waals surface area contributed by atoms with Crippen molar-refractivity contribution in [1.82, 2.24) is 25.3 Å². The largest absolute Gasteiger partial charge is 0.471 e. The number of hydrogen-bond acceptors (Lipinski definition) is 6. The number of carbonyl (C=O) groups is 1. The van der Waals surface area contributed by atoms with Gasteiger partial charge in [-0.3, -0.25) is 4.79 Å². The molecule has 0 fully saturated rings. The van der Waals surface area contributed by atoms with Gasteiger partial charge in [0.05, 0.1) is 6.33 Å². The molecule has 1 aromatic carbocycles. The summed E-state index contributed by atoms with van der Waals surface area (Å²) in [5.74, 6) is -0.897. The lowest BCUT2D eigenvalue weighted by Crippen LogP contribution is -2.36. The van der Waals surface area contributed by atoms with E-state index in [0.717, 1.165) is 17.7 Å². The third kappa shape index (κ3) is 5.93. The first kappa shape index (κ1) is 21.1. The quantitative estimate of drug-likeness (QED) is 0.447. The second-order valence-corrected chi connectivity index (χ2v) is 6.48. The normalized spacial score (nSPS) is 11.2. The summed E-state index contributed by atoms with van der Waals surface area (Å²) in [6.07, 6.45) is 0.949. The monoisotopic (exact) mass is 419 g/mol. The molecule has 0 saturated heterocycles. The Bertz CT molecular complexity index is 973. The van der Waals surface area contributed by atoms with E-state index in [1.165, 1.54) is 0 Å². The first-order valence-corrected chi connectivity index (χ1v) is 9.07. The molecule has 2 heterocycles. The molecule has 0 spiro atoms. The first-order chi connectivity index (χ1) is 14.3. The average Bonchev–Trinajstić information content (AvgIpc) is 3.22. The standard InChI is InChI=1S/C19H20F3N7O/c1-12-8-26-18(29-16(12)24-7-6-15-10-23-11-27-15)28-14-4-2-13(3-5-14)9-25-17(30)19(20,21)22/h2-5,8,10-11H,6-7,9H2,1H3,(H,23,27)(H,25,30)(H2,24,26,28,29). The molecule has 3 rings (SSSR count). The topological polar surface area (TPSA) is 108 Å². The van der Waals surface area contributed by atoms with E-state index in [0.29, 0.717) is 29.6 Å². The highest BCUT2D eigenvalue weighted by molar-refractivity contribution is 5.81. The first-order valence-electron chi connectivity index (χ1n) is 9.07. The maximum Gasteiger partial charge on any atom is 0.471 e. The Balaban J connectivity index is 1.55. The lowest BCUT2D eigenvalue weighted by Gasteiger charge is -2.11. The fourth-order valence-electron chi connectivity index (χ4n) is 2.54. The molecule has 0 radical (unpaired) electrons. The van der Waals surface area contributed by atoms with Crippen molar-refractivity contribution in [2.45, 2.75) is 26.1 Å². The van der Waals surface area contributed by atoms with E-state index < -0.39 is 12.1 Å². The minimum atomic E-state index is -4.89. The summed E-state index contributed by atoms with van der Waals surface area (Å²) in [4.78, 5) is 26.6. The van der Waals surface area contributed by atoms with Crippen molar-refractivity contribution in [1.29, 1.82) is 0 Å². The zero-order valence-electron chi connectivity index (χ0n) is 16.0. The Morgan fingerprint density at radius 1 is 1.17 bits per heavy atom. The predicted molar refractivity (Wildman–Crippen MR) is 105 cm³/mol. The fraction of sp³-hybridized carbons (Fsp3) is 0.263. The maximum absolute atomic E-state index is 12.2. The highest BCUT2D eigenvalue weighted by Gasteiger charge is 2.38. The molecule has 0 aliphatic carbocycles. The van der Waals surface area contributed by atoms with Crippen LogP contribution in [0.25, 0.3) is 0 Å². The van der Waals surface area contributed by atoms with Crippen molar-refractivity contribution < 1.29 is 18.0 Å². The molecule has 158 valence electrons. The van der Waals surface area contributed by atoms with Crippen LogP contribution in [0.3, 0.4) is 0 Å². The molecule has 0 bridgehead atoms. The van der Waals surface area contributed by atoms with E-state index in [2.05, 4.69) is 30.6 Å². The second kappa shape index (κ2) is 9.25. The van der Waals surface area contributed by atoms with Gasteiger partial charge < -0.3 is 20.9 Å². The van der Waals surface area contributed by atoms with Gasteiger partial charge in [-0.05, 0) is 24.6 Å². The third-order valence-corrected chi connectivity index (χ3v) is 4.13. The summed E-state index contributed by atoms with van der Waals surface area (Å²) in [6.45, 7) is 2.34. The molecule has 0 saturated carbocycles. The van der Waals surface area contributed by atoms with E-state index in [-0.39, 0.29) is 6.54 Å². The number of nitrogens with one attached hydrogen (secondary N) is 4. The zero-order valence-corrected chi connectivity index (χ0v) is 16.0. The molecule has 0 unspecified atom stereocenters. The molecule has 0 aliphatic rings. The summed E-state index contributed by atoms with van der Waals surface area (Å²) in [5, 5.41) is 8.13. The molecule has 11 heteroatoms. The van der Waals surface area contributed by atoms with Gasteiger partial charge in [-0.25, -0.2) is 9.97 Å². The molecular formula is C19H20F3N7O. The van der Waals surface area contributed by atoms with Crippen molar-refractivity contribution in [3.8, 4) is 0 Å². The van der Waals surface area contributed by atoms with Crippen LogP contribution >= 0.6 is 0 Å². The Morgan fingerprint density at radius 2 is 1.93 bits per heavy atom. The van der Waals surface area contributed by atoms with Gasteiger partial charge >= 0.3 is 12.1 Å². The van der Waals surface area contributed by atoms with Crippen LogP contribution in [-0.2, 0) is 17.8 Å². The molecule has 3 aromatic rings. The number of halogens is 3. The molecule has 1 amide bonds. The third-order valence-electron chi connectivity index (χ3n) is 4.13. The van der Waals surface area contributed by atoms with E-state index in [9.17, 15) is 18.0 Å². The maximum atomic E-state index is 12.2. The van der Waals surface area contributed by atoms with Crippen LogP contribution in [0.15, 0.2) is 43.0 Å². The number of amides is 1. The molecule has 0 aliphatic heterocycles. The Kier molecular flexibility index (Phi) is 6.50. The van der Waals surface area contributed by atoms with Crippen molar-refractivity contribution in [3.63, 3.8) is 0 Å². The Labute approximate surface area is 170 Å². The number of benzene rings is 1. The van der Waals surface area contributed by atoms with Gasteiger partial charge in [0.25, 0.3) is 0 Å². The number of carbonyl (C=O) groups excluding carboxylic acids is 1. The minimum Gasteiger partial charge on any atom is -0.369 e. The highest BCUT2D eigenvalue weighted by atomic mass is 19.4. The second-order valence-electron chi connectivity index (χ2n) is 6.48. The highest BCUT2D eigenvalue weighted by Crippen LogP contribution is 2.18. The lowest BCUT2D eigenvalue weighted by atomic mass is 10.2. The minimum absolute atomic E-state index is 0.218. The van der Waals surface area contributed by atoms with Gasteiger partial charge in [-0.15, -0.1) is 0 Å². The van der Waals surface area contributed by atoms with Gasteiger partial charge in [0, 0.05) is 48.8 Å². The van der Waals surface area contributed by atoms with Gasteiger partial charge in [0.1, 0.15) is 5.82 Å². The fourth-order valence-corrected chi connectivity index (χ4v) is 2.54. The Morgan fingerprint density at radius 3 is 2.60 bits per heavy atom. The molecular weight excluding hydrogens is 399 g/mol. The lowest BCUT2D eigenvalue weighted by molar-refractivity contribution is -0.173. The van der Waals surface area contributed by atoms with Crippen LogP contribution in [0.1, 0.15) is 16.8 Å². The molecule has 0 atom stereocenters. The van der Waals surface area contributed by atoms with Crippen LogP contribution in [0.5, 0.6) is 0 Å². The van der Waals surface area contributed by atoms with Crippen LogP contribution < -0.4 is 16.0 Å².